The number of thioether (sulfide) groups is 1. The molecule has 0 radical (unpaired) electrons. The van der Waals surface area contributed by atoms with Crippen LogP contribution in [0.5, 0.6) is 5.75 Å². The first-order chi connectivity index (χ1) is 16.2. The van der Waals surface area contributed by atoms with Crippen molar-refractivity contribution < 1.29 is 22.7 Å². The molecular formula is C25H25ClF3NO2S2. The lowest BCUT2D eigenvalue weighted by molar-refractivity contribution is -0.137. The molecule has 3 nitrogen and oxygen atoms in total. The van der Waals surface area contributed by atoms with Crippen molar-refractivity contribution in [2.75, 3.05) is 11.5 Å². The number of halogens is 4. The highest BCUT2D eigenvalue weighted by Crippen LogP contribution is 2.41. The van der Waals surface area contributed by atoms with Crippen molar-refractivity contribution in [3.8, 4) is 5.75 Å². The Bertz CT molecular complexity index is 1060. The summed E-state index contributed by atoms with van der Waals surface area (Å²) in [6.45, 7) is 2.85. The Morgan fingerprint density at radius 2 is 1.74 bits per heavy atom. The molecule has 1 fully saturated rings. The normalized spacial score (nSPS) is 15.4. The molecule has 0 unspecified atom stereocenters. The highest BCUT2D eigenvalue weighted by Gasteiger charge is 2.37. The average molecular weight is 528 g/mol. The molecule has 34 heavy (non-hydrogen) atoms. The Labute approximate surface area is 212 Å². The molecule has 0 bridgehead atoms. The van der Waals surface area contributed by atoms with Crippen LogP contribution in [0.25, 0.3) is 6.08 Å². The monoisotopic (exact) mass is 527 g/mol. The zero-order chi connectivity index (χ0) is 24.7. The number of thiocarbonyl (C=S) groups is 1. The third-order valence-corrected chi connectivity index (χ3v) is 6.88. The molecule has 3 rings (SSSR count). The second-order valence-corrected chi connectivity index (χ2v) is 9.95. The maximum Gasteiger partial charge on any atom is 0.417 e. The van der Waals surface area contributed by atoms with Crippen LogP contribution < -0.4 is 9.64 Å². The van der Waals surface area contributed by atoms with Crippen molar-refractivity contribution in [2.24, 2.45) is 0 Å². The highest BCUT2D eigenvalue weighted by molar-refractivity contribution is 8.27. The number of benzene rings is 2. The van der Waals surface area contributed by atoms with E-state index in [1.165, 1.54) is 31.7 Å². The summed E-state index contributed by atoms with van der Waals surface area (Å²) < 4.78 is 45.6. The van der Waals surface area contributed by atoms with E-state index in [4.69, 9.17) is 28.6 Å². The van der Waals surface area contributed by atoms with Gasteiger partial charge in [-0.15, -0.1) is 0 Å². The Balaban J connectivity index is 1.63. The lowest BCUT2D eigenvalue weighted by Crippen LogP contribution is -2.27. The van der Waals surface area contributed by atoms with Crippen LogP contribution in [0.2, 0.25) is 5.02 Å². The van der Waals surface area contributed by atoms with Crippen molar-refractivity contribution in [1.29, 1.82) is 0 Å². The zero-order valence-corrected chi connectivity index (χ0v) is 21.0. The molecule has 0 N–H and O–H groups in total. The number of hydrogen-bond acceptors (Lipinski definition) is 4. The molecule has 0 aromatic heterocycles. The molecule has 0 spiro atoms. The van der Waals surface area contributed by atoms with Gasteiger partial charge in [-0.2, -0.15) is 13.2 Å². The number of hydrogen-bond donors (Lipinski definition) is 0. The standard InChI is InChI=1S/C25H25ClF3NO2S2/c1-2-3-4-5-6-7-14-32-19-11-8-17(9-12-19)15-22-23(31)30(24(33)34-22)18-10-13-21(26)20(16-18)25(27,28)29/h8-13,15-16H,2-7,14H2,1H3/b22-15-. The van der Waals surface area contributed by atoms with Gasteiger partial charge >= 0.3 is 6.18 Å². The van der Waals surface area contributed by atoms with E-state index < -0.39 is 22.7 Å². The maximum absolute atomic E-state index is 13.2. The molecule has 1 saturated heterocycles. The SMILES string of the molecule is CCCCCCCCOc1ccc(/C=C2\SC(=S)N(c3ccc(Cl)c(C(F)(F)F)c3)C2=O)cc1. The van der Waals surface area contributed by atoms with E-state index in [0.29, 0.717) is 11.5 Å². The first kappa shape index (κ1) is 26.6. The van der Waals surface area contributed by atoms with Gasteiger partial charge in [-0.25, -0.2) is 0 Å². The van der Waals surface area contributed by atoms with Gasteiger partial charge < -0.3 is 4.74 Å². The minimum atomic E-state index is -4.64. The minimum absolute atomic E-state index is 0.0288. The predicted molar refractivity (Wildman–Crippen MR) is 137 cm³/mol. The smallest absolute Gasteiger partial charge is 0.417 e. The van der Waals surface area contributed by atoms with Gasteiger partial charge in [0, 0.05) is 0 Å². The summed E-state index contributed by atoms with van der Waals surface area (Å²) in [5, 5.41) is -0.434. The Morgan fingerprint density at radius 1 is 1.06 bits per heavy atom. The van der Waals surface area contributed by atoms with Crippen molar-refractivity contribution in [3.05, 3.63) is 63.5 Å². The van der Waals surface area contributed by atoms with E-state index >= 15 is 0 Å². The first-order valence-corrected chi connectivity index (χ1v) is 12.7. The van der Waals surface area contributed by atoms with Gasteiger partial charge in [0.1, 0.15) is 5.75 Å². The zero-order valence-electron chi connectivity index (χ0n) is 18.7. The number of ether oxygens (including phenoxy) is 1. The average Bonchev–Trinajstić information content (AvgIpc) is 3.06. The van der Waals surface area contributed by atoms with Gasteiger partial charge in [0.15, 0.2) is 4.32 Å². The van der Waals surface area contributed by atoms with Gasteiger partial charge in [-0.05, 0) is 48.4 Å². The molecule has 2 aromatic carbocycles. The summed E-state index contributed by atoms with van der Waals surface area (Å²) >= 11 is 12.0. The highest BCUT2D eigenvalue weighted by atomic mass is 35.5. The Kier molecular flexibility index (Phi) is 9.45. The summed E-state index contributed by atoms with van der Waals surface area (Å²) in [7, 11) is 0. The third kappa shape index (κ3) is 6.99. The van der Waals surface area contributed by atoms with Crippen molar-refractivity contribution in [2.45, 2.75) is 51.6 Å². The number of amides is 1. The Morgan fingerprint density at radius 3 is 2.41 bits per heavy atom. The molecule has 182 valence electrons. The van der Waals surface area contributed by atoms with Gasteiger partial charge in [-0.1, -0.05) is 86.7 Å². The molecule has 9 heteroatoms. The van der Waals surface area contributed by atoms with Gasteiger partial charge in [0.2, 0.25) is 0 Å². The fraction of sp³-hybridized carbons (Fsp3) is 0.360. The number of alkyl halides is 3. The summed E-state index contributed by atoms with van der Waals surface area (Å²) in [6.07, 6.45) is 4.18. The van der Waals surface area contributed by atoms with Crippen molar-refractivity contribution in [3.63, 3.8) is 0 Å². The number of anilines is 1. The second-order valence-electron chi connectivity index (χ2n) is 7.86. The van der Waals surface area contributed by atoms with Gasteiger partial charge in [0.05, 0.1) is 27.8 Å². The van der Waals surface area contributed by atoms with E-state index in [1.807, 2.05) is 24.3 Å². The minimum Gasteiger partial charge on any atom is -0.494 e. The Hall–Kier alpha value is -2.03. The summed E-state index contributed by atoms with van der Waals surface area (Å²) in [6, 6.07) is 10.6. The molecule has 1 aliphatic heterocycles. The van der Waals surface area contributed by atoms with Gasteiger partial charge in [0.25, 0.3) is 5.91 Å². The molecular weight excluding hydrogens is 503 g/mol. The van der Waals surface area contributed by atoms with Gasteiger partial charge in [-0.3, -0.25) is 9.69 Å². The maximum atomic E-state index is 13.2. The van der Waals surface area contributed by atoms with E-state index in [1.54, 1.807) is 6.08 Å². The van der Waals surface area contributed by atoms with Crippen LogP contribution >= 0.6 is 35.6 Å². The number of carbonyl (C=O) groups is 1. The number of rotatable bonds is 10. The van der Waals surface area contributed by atoms with Crippen molar-refractivity contribution >= 4 is 57.6 Å². The topological polar surface area (TPSA) is 29.5 Å². The summed E-state index contributed by atoms with van der Waals surface area (Å²) in [4.78, 5) is 14.3. The van der Waals surface area contributed by atoms with Crippen LogP contribution in [-0.2, 0) is 11.0 Å². The molecule has 0 atom stereocenters. The molecule has 0 saturated carbocycles. The van der Waals surface area contributed by atoms with Crippen LogP contribution in [0.15, 0.2) is 47.4 Å². The molecule has 1 aliphatic rings. The predicted octanol–water partition coefficient (Wildman–Crippen LogP) is 8.50. The van der Waals surface area contributed by atoms with Crippen LogP contribution in [0, 0.1) is 0 Å². The van der Waals surface area contributed by atoms with E-state index in [0.717, 1.165) is 52.9 Å². The lowest BCUT2D eigenvalue weighted by Gasteiger charge is -2.17. The van der Waals surface area contributed by atoms with E-state index in [9.17, 15) is 18.0 Å². The second kappa shape index (κ2) is 12.1. The molecule has 1 heterocycles. The van der Waals surface area contributed by atoms with E-state index in [2.05, 4.69) is 6.92 Å². The first-order valence-electron chi connectivity index (χ1n) is 11.1. The number of carbonyl (C=O) groups excluding carboxylic acids is 1. The summed E-state index contributed by atoms with van der Waals surface area (Å²) in [5.74, 6) is 0.271. The molecule has 0 aliphatic carbocycles. The van der Waals surface area contributed by atoms with E-state index in [-0.39, 0.29) is 10.0 Å². The van der Waals surface area contributed by atoms with Crippen molar-refractivity contribution in [1.82, 2.24) is 0 Å². The largest absolute Gasteiger partial charge is 0.494 e. The van der Waals surface area contributed by atoms with Crippen LogP contribution in [0.1, 0.15) is 56.6 Å². The van der Waals surface area contributed by atoms with Crippen LogP contribution in [-0.4, -0.2) is 16.8 Å². The van der Waals surface area contributed by atoms with Crippen LogP contribution in [0.4, 0.5) is 18.9 Å². The van der Waals surface area contributed by atoms with Crippen LogP contribution in [0.3, 0.4) is 0 Å². The number of nitrogens with zero attached hydrogens (tertiary/aromatic N) is 1. The molecule has 2 aromatic rings. The molecule has 1 amide bonds. The fourth-order valence-electron chi connectivity index (χ4n) is 3.44. The number of unbranched alkanes of at least 4 members (excludes halogenated alkanes) is 5. The lowest BCUT2D eigenvalue weighted by atomic mass is 10.1. The summed E-state index contributed by atoms with van der Waals surface area (Å²) in [5.41, 5.74) is -0.221. The third-order valence-electron chi connectivity index (χ3n) is 5.25. The fourth-order valence-corrected chi connectivity index (χ4v) is 4.97. The quantitative estimate of drug-likeness (QED) is 0.176.